The van der Waals surface area contributed by atoms with Gasteiger partial charge in [-0.05, 0) is 30.3 Å². The summed E-state index contributed by atoms with van der Waals surface area (Å²) < 4.78 is 5.66. The van der Waals surface area contributed by atoms with E-state index in [-0.39, 0.29) is 11.5 Å². The second-order valence-electron chi connectivity index (χ2n) is 4.61. The van der Waals surface area contributed by atoms with Crippen LogP contribution in [0.5, 0.6) is 23.0 Å². The van der Waals surface area contributed by atoms with Crippen molar-refractivity contribution >= 4 is 0 Å². The third-order valence-electron chi connectivity index (χ3n) is 3.14. The number of para-hydroxylation sites is 2. The summed E-state index contributed by atoms with van der Waals surface area (Å²) in [6, 6.07) is 21.3. The highest BCUT2D eigenvalue weighted by atomic mass is 16.5. The van der Waals surface area contributed by atoms with Crippen LogP contribution in [0.4, 0.5) is 0 Å². The molecule has 104 valence electrons. The molecule has 3 aromatic carbocycles. The van der Waals surface area contributed by atoms with Gasteiger partial charge in [0.2, 0.25) is 0 Å². The van der Waals surface area contributed by atoms with Gasteiger partial charge in [-0.3, -0.25) is 0 Å². The van der Waals surface area contributed by atoms with Gasteiger partial charge >= 0.3 is 0 Å². The molecule has 0 spiro atoms. The van der Waals surface area contributed by atoms with Crippen molar-refractivity contribution in [2.45, 2.75) is 0 Å². The van der Waals surface area contributed by atoms with Crippen LogP contribution in [0.1, 0.15) is 0 Å². The van der Waals surface area contributed by atoms with Gasteiger partial charge in [0.1, 0.15) is 23.0 Å². The van der Waals surface area contributed by atoms with Crippen molar-refractivity contribution in [3.8, 4) is 34.1 Å². The third kappa shape index (κ3) is 2.82. The molecule has 3 nitrogen and oxygen atoms in total. The maximum absolute atomic E-state index is 10.2. The SMILES string of the molecule is Oc1ccccc1-c1ccc(Oc2ccccc2)cc1O. The fourth-order valence-electron chi connectivity index (χ4n) is 2.13. The van der Waals surface area contributed by atoms with Gasteiger partial charge in [0.15, 0.2) is 0 Å². The Kier molecular flexibility index (Phi) is 3.48. The lowest BCUT2D eigenvalue weighted by Crippen LogP contribution is -1.85. The molecule has 0 heterocycles. The molecule has 21 heavy (non-hydrogen) atoms. The summed E-state index contributed by atoms with van der Waals surface area (Å²) in [5, 5.41) is 20.0. The summed E-state index contributed by atoms with van der Waals surface area (Å²) in [5.41, 5.74) is 1.15. The fraction of sp³-hybridized carbons (Fsp3) is 0. The molecule has 3 rings (SSSR count). The molecule has 0 bridgehead atoms. The number of rotatable bonds is 3. The van der Waals surface area contributed by atoms with Gasteiger partial charge in [0, 0.05) is 17.2 Å². The van der Waals surface area contributed by atoms with Gasteiger partial charge < -0.3 is 14.9 Å². The van der Waals surface area contributed by atoms with Crippen molar-refractivity contribution < 1.29 is 14.9 Å². The average molecular weight is 278 g/mol. The number of ether oxygens (including phenoxy) is 1. The average Bonchev–Trinajstić information content (AvgIpc) is 2.50. The standard InChI is InChI=1S/C18H14O3/c19-17-9-5-4-8-15(17)16-11-10-14(12-18(16)20)21-13-6-2-1-3-7-13/h1-12,19-20H. The summed E-state index contributed by atoms with van der Waals surface area (Å²) in [6.45, 7) is 0. The van der Waals surface area contributed by atoms with E-state index in [1.165, 1.54) is 6.07 Å². The first-order valence-electron chi connectivity index (χ1n) is 6.58. The molecule has 0 aromatic heterocycles. The van der Waals surface area contributed by atoms with Crippen molar-refractivity contribution in [3.05, 3.63) is 72.8 Å². The van der Waals surface area contributed by atoms with Crippen LogP contribution in [0.25, 0.3) is 11.1 Å². The monoisotopic (exact) mass is 278 g/mol. The molecule has 0 saturated heterocycles. The zero-order valence-corrected chi connectivity index (χ0v) is 11.2. The van der Waals surface area contributed by atoms with Crippen LogP contribution in [0.3, 0.4) is 0 Å². The summed E-state index contributed by atoms with van der Waals surface area (Å²) in [4.78, 5) is 0. The number of hydrogen-bond donors (Lipinski definition) is 2. The van der Waals surface area contributed by atoms with Gasteiger partial charge in [-0.15, -0.1) is 0 Å². The topological polar surface area (TPSA) is 49.7 Å². The molecule has 3 heteroatoms. The van der Waals surface area contributed by atoms with E-state index >= 15 is 0 Å². The third-order valence-corrected chi connectivity index (χ3v) is 3.14. The lowest BCUT2D eigenvalue weighted by atomic mass is 10.0. The number of benzene rings is 3. The van der Waals surface area contributed by atoms with Crippen molar-refractivity contribution in [2.24, 2.45) is 0 Å². The molecular formula is C18H14O3. The second kappa shape index (κ2) is 5.59. The van der Waals surface area contributed by atoms with Crippen molar-refractivity contribution in [3.63, 3.8) is 0 Å². The van der Waals surface area contributed by atoms with Crippen LogP contribution in [-0.2, 0) is 0 Å². The van der Waals surface area contributed by atoms with Gasteiger partial charge in [-0.1, -0.05) is 36.4 Å². The Balaban J connectivity index is 1.92. The van der Waals surface area contributed by atoms with Gasteiger partial charge in [0.25, 0.3) is 0 Å². The predicted molar refractivity (Wildman–Crippen MR) is 81.7 cm³/mol. The normalized spacial score (nSPS) is 10.3. The Morgan fingerprint density at radius 3 is 1.95 bits per heavy atom. The minimum Gasteiger partial charge on any atom is -0.507 e. The van der Waals surface area contributed by atoms with Crippen molar-refractivity contribution in [1.29, 1.82) is 0 Å². The first kappa shape index (κ1) is 13.1. The van der Waals surface area contributed by atoms with E-state index in [0.717, 1.165) is 0 Å². The Labute approximate surface area is 122 Å². The number of aromatic hydroxyl groups is 2. The Morgan fingerprint density at radius 2 is 1.24 bits per heavy atom. The van der Waals surface area contributed by atoms with Gasteiger partial charge in [-0.25, -0.2) is 0 Å². The Bertz CT molecular complexity index is 751. The fourth-order valence-corrected chi connectivity index (χ4v) is 2.13. The molecule has 0 aliphatic rings. The van der Waals surface area contributed by atoms with E-state index in [4.69, 9.17) is 4.74 Å². The molecule has 3 aromatic rings. The lowest BCUT2D eigenvalue weighted by Gasteiger charge is -2.10. The van der Waals surface area contributed by atoms with Crippen LogP contribution in [0.2, 0.25) is 0 Å². The van der Waals surface area contributed by atoms with Crippen LogP contribution in [0.15, 0.2) is 72.8 Å². The molecule has 0 saturated carbocycles. The summed E-state index contributed by atoms with van der Waals surface area (Å²) in [5.74, 6) is 1.43. The van der Waals surface area contributed by atoms with Crippen LogP contribution in [-0.4, -0.2) is 10.2 Å². The molecule has 0 radical (unpaired) electrons. The Morgan fingerprint density at radius 1 is 0.571 bits per heavy atom. The van der Waals surface area contributed by atoms with E-state index < -0.39 is 0 Å². The highest BCUT2D eigenvalue weighted by molar-refractivity contribution is 5.75. The molecule has 0 fully saturated rings. The maximum atomic E-state index is 10.2. The number of phenols is 2. The maximum Gasteiger partial charge on any atom is 0.131 e. The predicted octanol–water partition coefficient (Wildman–Crippen LogP) is 4.56. The Hall–Kier alpha value is -2.94. The molecule has 0 aliphatic carbocycles. The first-order chi connectivity index (χ1) is 10.2. The number of hydrogen-bond acceptors (Lipinski definition) is 3. The molecule has 0 amide bonds. The molecule has 0 aliphatic heterocycles. The lowest BCUT2D eigenvalue weighted by molar-refractivity contribution is 0.454. The summed E-state index contributed by atoms with van der Waals surface area (Å²) >= 11 is 0. The largest absolute Gasteiger partial charge is 0.507 e. The second-order valence-corrected chi connectivity index (χ2v) is 4.61. The van der Waals surface area contributed by atoms with E-state index in [2.05, 4.69) is 0 Å². The van der Waals surface area contributed by atoms with Gasteiger partial charge in [0.05, 0.1) is 0 Å². The highest BCUT2D eigenvalue weighted by Crippen LogP contribution is 2.37. The van der Waals surface area contributed by atoms with E-state index in [1.54, 1.807) is 30.3 Å². The summed E-state index contributed by atoms with van der Waals surface area (Å²) in [7, 11) is 0. The quantitative estimate of drug-likeness (QED) is 0.738. The molecular weight excluding hydrogens is 264 g/mol. The molecule has 0 atom stereocenters. The first-order valence-corrected chi connectivity index (χ1v) is 6.58. The van der Waals surface area contributed by atoms with E-state index in [9.17, 15) is 10.2 Å². The van der Waals surface area contributed by atoms with E-state index in [0.29, 0.717) is 22.6 Å². The van der Waals surface area contributed by atoms with E-state index in [1.807, 2.05) is 36.4 Å². The van der Waals surface area contributed by atoms with Crippen molar-refractivity contribution in [1.82, 2.24) is 0 Å². The smallest absolute Gasteiger partial charge is 0.131 e. The summed E-state index contributed by atoms with van der Waals surface area (Å²) in [6.07, 6.45) is 0. The molecule has 0 unspecified atom stereocenters. The van der Waals surface area contributed by atoms with Crippen LogP contribution >= 0.6 is 0 Å². The zero-order valence-electron chi connectivity index (χ0n) is 11.2. The zero-order chi connectivity index (χ0) is 14.7. The van der Waals surface area contributed by atoms with Gasteiger partial charge in [-0.2, -0.15) is 0 Å². The minimum absolute atomic E-state index is 0.0601. The molecule has 2 N–H and O–H groups in total. The van der Waals surface area contributed by atoms with Crippen LogP contribution in [0, 0.1) is 0 Å². The number of phenolic OH excluding ortho intramolecular Hbond substituents is 2. The van der Waals surface area contributed by atoms with Crippen LogP contribution < -0.4 is 4.74 Å². The van der Waals surface area contributed by atoms with Crippen molar-refractivity contribution in [2.75, 3.05) is 0 Å². The minimum atomic E-state index is 0.0601. The highest BCUT2D eigenvalue weighted by Gasteiger charge is 2.09.